The lowest BCUT2D eigenvalue weighted by Crippen LogP contribution is -2.10. The van der Waals surface area contributed by atoms with Gasteiger partial charge >= 0.3 is 0 Å². The van der Waals surface area contributed by atoms with Crippen molar-refractivity contribution in [3.63, 3.8) is 0 Å². The maximum absolute atomic E-state index is 10.5. The standard InChI is InChI=1S/C14H18N2O3/c1-4-16-12(7-8-15-16)14(17)11-9-10(18-2)5-6-13(11)19-3/h5-9,14,17H,4H2,1-3H3. The first-order valence-electron chi connectivity index (χ1n) is 6.13. The van der Waals surface area contributed by atoms with Crippen LogP contribution in [0.15, 0.2) is 30.5 Å². The fourth-order valence-electron chi connectivity index (χ4n) is 2.05. The molecule has 0 radical (unpaired) electrons. The molecule has 19 heavy (non-hydrogen) atoms. The molecule has 1 aromatic heterocycles. The minimum Gasteiger partial charge on any atom is -0.497 e. The van der Waals surface area contributed by atoms with Crippen LogP contribution in [-0.2, 0) is 6.54 Å². The van der Waals surface area contributed by atoms with Crippen LogP contribution in [0.3, 0.4) is 0 Å². The van der Waals surface area contributed by atoms with E-state index in [-0.39, 0.29) is 0 Å². The Labute approximate surface area is 112 Å². The van der Waals surface area contributed by atoms with Crippen LogP contribution in [0.5, 0.6) is 11.5 Å². The molecule has 0 saturated carbocycles. The van der Waals surface area contributed by atoms with Gasteiger partial charge in [-0.1, -0.05) is 0 Å². The topological polar surface area (TPSA) is 56.5 Å². The molecule has 0 aliphatic heterocycles. The van der Waals surface area contributed by atoms with Crippen molar-refractivity contribution < 1.29 is 14.6 Å². The summed E-state index contributed by atoms with van der Waals surface area (Å²) in [5, 5.41) is 14.7. The molecule has 0 saturated heterocycles. The minimum atomic E-state index is -0.799. The summed E-state index contributed by atoms with van der Waals surface area (Å²) < 4.78 is 12.2. The third-order valence-corrected chi connectivity index (χ3v) is 3.06. The van der Waals surface area contributed by atoms with Crippen LogP contribution in [-0.4, -0.2) is 29.1 Å². The van der Waals surface area contributed by atoms with Gasteiger partial charge in [-0.05, 0) is 31.2 Å². The Bertz CT molecular complexity index is 551. The Morgan fingerprint density at radius 1 is 1.26 bits per heavy atom. The maximum Gasteiger partial charge on any atom is 0.125 e. The summed E-state index contributed by atoms with van der Waals surface area (Å²) >= 11 is 0. The molecule has 0 fully saturated rings. The number of hydrogen-bond donors (Lipinski definition) is 1. The van der Waals surface area contributed by atoms with E-state index in [0.717, 1.165) is 5.69 Å². The molecular weight excluding hydrogens is 244 g/mol. The maximum atomic E-state index is 10.5. The second-order valence-electron chi connectivity index (χ2n) is 4.08. The van der Waals surface area contributed by atoms with Crippen LogP contribution in [0, 0.1) is 0 Å². The zero-order valence-electron chi connectivity index (χ0n) is 11.3. The van der Waals surface area contributed by atoms with Crippen molar-refractivity contribution in [2.45, 2.75) is 19.6 Å². The van der Waals surface area contributed by atoms with Crippen LogP contribution in [0.1, 0.15) is 24.3 Å². The molecule has 2 aromatic rings. The van der Waals surface area contributed by atoms with Crippen molar-refractivity contribution in [3.05, 3.63) is 41.7 Å². The summed E-state index contributed by atoms with van der Waals surface area (Å²) in [6.45, 7) is 2.68. The van der Waals surface area contributed by atoms with E-state index in [0.29, 0.717) is 23.6 Å². The van der Waals surface area contributed by atoms with Gasteiger partial charge in [0, 0.05) is 18.3 Å². The number of aliphatic hydroxyl groups is 1. The van der Waals surface area contributed by atoms with Crippen LogP contribution in [0.4, 0.5) is 0 Å². The molecule has 1 atom stereocenters. The van der Waals surface area contributed by atoms with E-state index < -0.39 is 6.10 Å². The number of hydrogen-bond acceptors (Lipinski definition) is 4. The van der Waals surface area contributed by atoms with Crippen LogP contribution in [0.2, 0.25) is 0 Å². The molecule has 1 heterocycles. The Hall–Kier alpha value is -2.01. The predicted octanol–water partition coefficient (Wildman–Crippen LogP) is 2.00. The molecule has 2 rings (SSSR count). The second kappa shape index (κ2) is 5.75. The molecule has 0 amide bonds. The normalized spacial score (nSPS) is 12.2. The Kier molecular flexibility index (Phi) is 4.06. The highest BCUT2D eigenvalue weighted by atomic mass is 16.5. The van der Waals surface area contributed by atoms with Crippen molar-refractivity contribution in [1.82, 2.24) is 9.78 Å². The Balaban J connectivity index is 2.45. The van der Waals surface area contributed by atoms with Gasteiger partial charge in [-0.3, -0.25) is 4.68 Å². The lowest BCUT2D eigenvalue weighted by molar-refractivity contribution is 0.202. The average molecular weight is 262 g/mol. The van der Waals surface area contributed by atoms with E-state index in [1.165, 1.54) is 0 Å². The highest BCUT2D eigenvalue weighted by Gasteiger charge is 2.19. The molecule has 1 N–H and O–H groups in total. The van der Waals surface area contributed by atoms with E-state index in [1.807, 2.05) is 6.92 Å². The number of aryl methyl sites for hydroxylation is 1. The minimum absolute atomic E-state index is 0.622. The van der Waals surface area contributed by atoms with E-state index in [1.54, 1.807) is 49.4 Å². The first-order valence-corrected chi connectivity index (χ1v) is 6.13. The number of benzene rings is 1. The predicted molar refractivity (Wildman–Crippen MR) is 71.5 cm³/mol. The van der Waals surface area contributed by atoms with E-state index in [9.17, 15) is 5.11 Å². The van der Waals surface area contributed by atoms with Crippen molar-refractivity contribution >= 4 is 0 Å². The van der Waals surface area contributed by atoms with E-state index in [4.69, 9.17) is 9.47 Å². The largest absolute Gasteiger partial charge is 0.497 e. The van der Waals surface area contributed by atoms with Gasteiger partial charge in [0.25, 0.3) is 0 Å². The highest BCUT2D eigenvalue weighted by Crippen LogP contribution is 2.32. The number of rotatable bonds is 5. The molecule has 102 valence electrons. The zero-order valence-corrected chi connectivity index (χ0v) is 11.3. The van der Waals surface area contributed by atoms with Gasteiger partial charge in [0.15, 0.2) is 0 Å². The summed E-state index contributed by atoms with van der Waals surface area (Å²) in [6.07, 6.45) is 0.877. The highest BCUT2D eigenvalue weighted by molar-refractivity contribution is 5.44. The van der Waals surface area contributed by atoms with Crippen LogP contribution in [0.25, 0.3) is 0 Å². The summed E-state index contributed by atoms with van der Waals surface area (Å²) in [5.74, 6) is 1.30. The molecule has 0 aliphatic carbocycles. The number of ether oxygens (including phenoxy) is 2. The number of nitrogens with zero attached hydrogens (tertiary/aromatic N) is 2. The lowest BCUT2D eigenvalue weighted by Gasteiger charge is -2.16. The number of aromatic nitrogens is 2. The second-order valence-corrected chi connectivity index (χ2v) is 4.08. The first-order chi connectivity index (χ1) is 9.21. The third-order valence-electron chi connectivity index (χ3n) is 3.06. The summed E-state index contributed by atoms with van der Waals surface area (Å²) in [4.78, 5) is 0. The molecule has 1 unspecified atom stereocenters. The first kappa shape index (κ1) is 13.4. The molecule has 1 aromatic carbocycles. The molecular formula is C14H18N2O3. The average Bonchev–Trinajstić information content (AvgIpc) is 2.94. The van der Waals surface area contributed by atoms with E-state index in [2.05, 4.69) is 5.10 Å². The molecule has 0 bridgehead atoms. The Morgan fingerprint density at radius 3 is 2.68 bits per heavy atom. The van der Waals surface area contributed by atoms with Crippen molar-refractivity contribution in [1.29, 1.82) is 0 Å². The van der Waals surface area contributed by atoms with Gasteiger partial charge < -0.3 is 14.6 Å². The van der Waals surface area contributed by atoms with Gasteiger partial charge in [-0.25, -0.2) is 0 Å². The summed E-state index contributed by atoms with van der Waals surface area (Å²) in [6, 6.07) is 7.15. The molecule has 5 heteroatoms. The van der Waals surface area contributed by atoms with Crippen molar-refractivity contribution in [3.8, 4) is 11.5 Å². The van der Waals surface area contributed by atoms with Gasteiger partial charge in [-0.15, -0.1) is 0 Å². The molecule has 0 aliphatic rings. The number of methoxy groups -OCH3 is 2. The van der Waals surface area contributed by atoms with Gasteiger partial charge in [-0.2, -0.15) is 5.10 Å². The van der Waals surface area contributed by atoms with Gasteiger partial charge in [0.1, 0.15) is 17.6 Å². The van der Waals surface area contributed by atoms with Crippen LogP contribution < -0.4 is 9.47 Å². The monoisotopic (exact) mass is 262 g/mol. The zero-order chi connectivity index (χ0) is 13.8. The van der Waals surface area contributed by atoms with Gasteiger partial charge in [0.05, 0.1) is 19.9 Å². The fraction of sp³-hybridized carbons (Fsp3) is 0.357. The lowest BCUT2D eigenvalue weighted by atomic mass is 10.0. The van der Waals surface area contributed by atoms with Crippen molar-refractivity contribution in [2.75, 3.05) is 14.2 Å². The summed E-state index contributed by atoms with van der Waals surface area (Å²) in [7, 11) is 3.17. The van der Waals surface area contributed by atoms with E-state index >= 15 is 0 Å². The summed E-state index contributed by atoms with van der Waals surface area (Å²) in [5.41, 5.74) is 1.39. The van der Waals surface area contributed by atoms with Crippen LogP contribution >= 0.6 is 0 Å². The SMILES string of the molecule is CCn1nccc1C(O)c1cc(OC)ccc1OC. The quantitative estimate of drug-likeness (QED) is 0.895. The fourth-order valence-corrected chi connectivity index (χ4v) is 2.05. The third kappa shape index (κ3) is 2.56. The smallest absolute Gasteiger partial charge is 0.125 e. The number of aliphatic hydroxyl groups excluding tert-OH is 1. The van der Waals surface area contributed by atoms with Crippen molar-refractivity contribution in [2.24, 2.45) is 0 Å². The molecule has 5 nitrogen and oxygen atoms in total. The molecule has 0 spiro atoms. The Morgan fingerprint density at radius 2 is 2.05 bits per heavy atom. The van der Waals surface area contributed by atoms with Gasteiger partial charge in [0.2, 0.25) is 0 Å².